The Bertz CT molecular complexity index is 785. The second-order valence-electron chi connectivity index (χ2n) is 4.68. The fourth-order valence-electron chi connectivity index (χ4n) is 2.23. The van der Waals surface area contributed by atoms with E-state index in [1.807, 2.05) is 42.5 Å². The van der Waals surface area contributed by atoms with Crippen LogP contribution in [0.15, 0.2) is 60.8 Å². The van der Waals surface area contributed by atoms with Crippen LogP contribution in [0.5, 0.6) is 5.75 Å². The first-order valence-electron chi connectivity index (χ1n) is 6.64. The molecule has 104 valence electrons. The minimum absolute atomic E-state index is 0.142. The van der Waals surface area contributed by atoms with E-state index in [0.29, 0.717) is 12.1 Å². The van der Waals surface area contributed by atoms with Crippen molar-refractivity contribution in [3.8, 4) is 5.75 Å². The Hall–Kier alpha value is -2.88. The molecule has 21 heavy (non-hydrogen) atoms. The van der Waals surface area contributed by atoms with Crippen molar-refractivity contribution in [1.29, 1.82) is 0 Å². The average Bonchev–Trinajstić information content (AvgIpc) is 2.55. The lowest BCUT2D eigenvalue weighted by Crippen LogP contribution is -2.23. The Kier molecular flexibility index (Phi) is 3.51. The normalized spacial score (nSPS) is 10.5. The maximum Gasteiger partial charge on any atom is 0.251 e. The zero-order chi connectivity index (χ0) is 14.7. The summed E-state index contributed by atoms with van der Waals surface area (Å²) in [6.45, 7) is 0.314. The SMILES string of the molecule is O=C(NCc1ncc(O)c2ccccc12)c1ccccc1. The van der Waals surface area contributed by atoms with Crippen LogP contribution in [0.3, 0.4) is 0 Å². The van der Waals surface area contributed by atoms with Gasteiger partial charge in [0.25, 0.3) is 5.91 Å². The number of carbonyl (C=O) groups is 1. The Labute approximate surface area is 122 Å². The zero-order valence-corrected chi connectivity index (χ0v) is 11.3. The van der Waals surface area contributed by atoms with Crippen LogP contribution in [-0.4, -0.2) is 16.0 Å². The van der Waals surface area contributed by atoms with Gasteiger partial charge in [0.2, 0.25) is 0 Å². The maximum absolute atomic E-state index is 12.0. The van der Waals surface area contributed by atoms with Gasteiger partial charge in [-0.15, -0.1) is 0 Å². The first-order chi connectivity index (χ1) is 10.3. The monoisotopic (exact) mass is 278 g/mol. The molecule has 0 aliphatic rings. The van der Waals surface area contributed by atoms with Crippen molar-refractivity contribution in [3.05, 3.63) is 72.1 Å². The Balaban J connectivity index is 1.83. The number of fused-ring (bicyclic) bond motifs is 1. The highest BCUT2D eigenvalue weighted by atomic mass is 16.3. The minimum atomic E-state index is -0.144. The van der Waals surface area contributed by atoms with Gasteiger partial charge in [-0.2, -0.15) is 0 Å². The van der Waals surface area contributed by atoms with Crippen molar-refractivity contribution < 1.29 is 9.90 Å². The Morgan fingerprint density at radius 3 is 2.43 bits per heavy atom. The Morgan fingerprint density at radius 2 is 1.67 bits per heavy atom. The molecule has 0 unspecified atom stereocenters. The molecule has 0 aliphatic carbocycles. The number of amides is 1. The number of rotatable bonds is 3. The van der Waals surface area contributed by atoms with Gasteiger partial charge in [0.1, 0.15) is 5.75 Å². The first kappa shape index (κ1) is 13.1. The molecule has 3 aromatic rings. The molecule has 0 radical (unpaired) electrons. The van der Waals surface area contributed by atoms with Gasteiger partial charge in [0, 0.05) is 16.3 Å². The van der Waals surface area contributed by atoms with Crippen molar-refractivity contribution >= 4 is 16.7 Å². The van der Waals surface area contributed by atoms with Gasteiger partial charge in [-0.1, -0.05) is 42.5 Å². The summed E-state index contributed by atoms with van der Waals surface area (Å²) in [6, 6.07) is 16.5. The molecule has 0 fully saturated rings. The third-order valence-corrected chi connectivity index (χ3v) is 3.31. The lowest BCUT2D eigenvalue weighted by atomic mass is 10.1. The summed E-state index contributed by atoms with van der Waals surface area (Å²) in [5, 5.41) is 14.2. The van der Waals surface area contributed by atoms with E-state index in [0.717, 1.165) is 16.5 Å². The van der Waals surface area contributed by atoms with E-state index in [-0.39, 0.29) is 11.7 Å². The van der Waals surface area contributed by atoms with Gasteiger partial charge in [0.05, 0.1) is 18.4 Å². The predicted octanol–water partition coefficient (Wildman–Crippen LogP) is 2.87. The number of nitrogens with zero attached hydrogens (tertiary/aromatic N) is 1. The molecular weight excluding hydrogens is 264 g/mol. The molecule has 0 bridgehead atoms. The van der Waals surface area contributed by atoms with Crippen molar-refractivity contribution in [2.24, 2.45) is 0 Å². The van der Waals surface area contributed by atoms with Crippen molar-refractivity contribution in [2.45, 2.75) is 6.54 Å². The van der Waals surface area contributed by atoms with Crippen LogP contribution >= 0.6 is 0 Å². The molecule has 2 aromatic carbocycles. The fraction of sp³-hybridized carbons (Fsp3) is 0.0588. The summed E-state index contributed by atoms with van der Waals surface area (Å²) >= 11 is 0. The van der Waals surface area contributed by atoms with Crippen molar-refractivity contribution in [1.82, 2.24) is 10.3 Å². The van der Waals surface area contributed by atoms with E-state index in [1.54, 1.807) is 12.1 Å². The van der Waals surface area contributed by atoms with Gasteiger partial charge in [-0.05, 0) is 12.1 Å². The molecular formula is C17H14N2O2. The number of pyridine rings is 1. The number of aromatic nitrogens is 1. The number of benzene rings is 2. The smallest absolute Gasteiger partial charge is 0.251 e. The number of carbonyl (C=O) groups excluding carboxylic acids is 1. The van der Waals surface area contributed by atoms with Crippen molar-refractivity contribution in [3.63, 3.8) is 0 Å². The third kappa shape index (κ3) is 2.69. The van der Waals surface area contributed by atoms with Gasteiger partial charge in [0.15, 0.2) is 0 Å². The molecule has 1 amide bonds. The lowest BCUT2D eigenvalue weighted by molar-refractivity contribution is 0.0950. The van der Waals surface area contributed by atoms with Crippen LogP contribution < -0.4 is 5.32 Å². The highest BCUT2D eigenvalue weighted by Gasteiger charge is 2.09. The summed E-state index contributed by atoms with van der Waals surface area (Å²) in [4.78, 5) is 16.2. The third-order valence-electron chi connectivity index (χ3n) is 3.31. The summed E-state index contributed by atoms with van der Waals surface area (Å²) in [7, 11) is 0. The number of nitrogens with one attached hydrogen (secondary N) is 1. The van der Waals surface area contributed by atoms with Crippen molar-refractivity contribution in [2.75, 3.05) is 0 Å². The topological polar surface area (TPSA) is 62.2 Å². The molecule has 1 heterocycles. The lowest BCUT2D eigenvalue weighted by Gasteiger charge is -2.08. The largest absolute Gasteiger partial charge is 0.506 e. The van der Waals surface area contributed by atoms with E-state index in [9.17, 15) is 9.90 Å². The second kappa shape index (κ2) is 5.63. The van der Waals surface area contributed by atoms with E-state index in [2.05, 4.69) is 10.3 Å². The molecule has 0 atom stereocenters. The zero-order valence-electron chi connectivity index (χ0n) is 11.3. The maximum atomic E-state index is 12.0. The average molecular weight is 278 g/mol. The van der Waals surface area contributed by atoms with Crippen LogP contribution in [0.25, 0.3) is 10.8 Å². The standard InChI is InChI=1S/C17H14N2O2/c20-16-11-18-15(13-8-4-5-9-14(13)16)10-19-17(21)12-6-2-1-3-7-12/h1-9,11,20H,10H2,(H,19,21). The fourth-order valence-corrected chi connectivity index (χ4v) is 2.23. The molecule has 3 rings (SSSR count). The number of aromatic hydroxyl groups is 1. The Morgan fingerprint density at radius 1 is 1.00 bits per heavy atom. The molecule has 1 aromatic heterocycles. The molecule has 0 aliphatic heterocycles. The van der Waals surface area contributed by atoms with E-state index < -0.39 is 0 Å². The molecule has 4 heteroatoms. The molecule has 4 nitrogen and oxygen atoms in total. The summed E-state index contributed by atoms with van der Waals surface area (Å²) in [6.07, 6.45) is 1.41. The van der Waals surface area contributed by atoms with Crippen LogP contribution in [0.4, 0.5) is 0 Å². The van der Waals surface area contributed by atoms with Crippen LogP contribution in [0, 0.1) is 0 Å². The van der Waals surface area contributed by atoms with E-state index >= 15 is 0 Å². The molecule has 0 saturated heterocycles. The number of hydrogen-bond donors (Lipinski definition) is 2. The minimum Gasteiger partial charge on any atom is -0.506 e. The van der Waals surface area contributed by atoms with E-state index in [4.69, 9.17) is 0 Å². The van der Waals surface area contributed by atoms with Gasteiger partial charge in [-0.3, -0.25) is 9.78 Å². The molecule has 0 spiro atoms. The molecule has 0 saturated carbocycles. The summed E-state index contributed by atoms with van der Waals surface area (Å²) in [5.74, 6) is -0.00158. The predicted molar refractivity (Wildman–Crippen MR) is 81.0 cm³/mol. The van der Waals surface area contributed by atoms with E-state index in [1.165, 1.54) is 6.20 Å². The van der Waals surface area contributed by atoms with Crippen LogP contribution in [-0.2, 0) is 6.54 Å². The first-order valence-corrected chi connectivity index (χ1v) is 6.64. The summed E-state index contributed by atoms with van der Waals surface area (Å²) in [5.41, 5.74) is 1.34. The highest BCUT2D eigenvalue weighted by Crippen LogP contribution is 2.25. The van der Waals surface area contributed by atoms with Gasteiger partial charge in [-0.25, -0.2) is 0 Å². The quantitative estimate of drug-likeness (QED) is 0.774. The number of hydrogen-bond acceptors (Lipinski definition) is 3. The summed E-state index contributed by atoms with van der Waals surface area (Å²) < 4.78 is 0. The molecule has 2 N–H and O–H groups in total. The highest BCUT2D eigenvalue weighted by molar-refractivity contribution is 5.94. The van der Waals surface area contributed by atoms with Gasteiger partial charge >= 0.3 is 0 Å². The van der Waals surface area contributed by atoms with Gasteiger partial charge < -0.3 is 10.4 Å². The second-order valence-corrected chi connectivity index (χ2v) is 4.68. The van der Waals surface area contributed by atoms with Crippen LogP contribution in [0.1, 0.15) is 16.1 Å². The van der Waals surface area contributed by atoms with Crippen LogP contribution in [0.2, 0.25) is 0 Å².